The van der Waals surface area contributed by atoms with E-state index in [4.69, 9.17) is 4.74 Å². The number of carbonyl (C=O) groups is 3. The van der Waals surface area contributed by atoms with Gasteiger partial charge >= 0.3 is 6.03 Å². The zero-order valence-corrected chi connectivity index (χ0v) is 19.2. The fourth-order valence-electron chi connectivity index (χ4n) is 5.32. The number of hydrogen-bond acceptors (Lipinski definition) is 7. The molecule has 3 aromatic carbocycles. The van der Waals surface area contributed by atoms with Gasteiger partial charge in [-0.25, -0.2) is 4.79 Å². The zero-order chi connectivity index (χ0) is 25.4. The molecule has 2 saturated heterocycles. The van der Waals surface area contributed by atoms with Crippen molar-refractivity contribution in [3.05, 3.63) is 100 Å². The third kappa shape index (κ3) is 3.54. The highest BCUT2D eigenvalue weighted by Gasteiger charge is 2.67. The number of anilines is 1. The molecule has 182 valence electrons. The van der Waals surface area contributed by atoms with E-state index in [0.717, 1.165) is 5.69 Å². The van der Waals surface area contributed by atoms with Crippen LogP contribution in [0.25, 0.3) is 0 Å². The molecule has 1 spiro atoms. The lowest BCUT2D eigenvalue weighted by atomic mass is 9.66. The molecule has 2 unspecified atom stereocenters. The van der Waals surface area contributed by atoms with Crippen LogP contribution in [-0.2, 0) is 9.59 Å². The van der Waals surface area contributed by atoms with Crippen LogP contribution < -0.4 is 20.3 Å². The van der Waals surface area contributed by atoms with Crippen LogP contribution in [0.1, 0.15) is 23.1 Å². The van der Waals surface area contributed by atoms with Crippen LogP contribution in [0.3, 0.4) is 0 Å². The number of barbiturate groups is 1. The number of nitro benzene ring substituents is 1. The average Bonchev–Trinajstić information content (AvgIpc) is 3.25. The Labute approximate surface area is 206 Å². The Kier molecular flexibility index (Phi) is 5.63. The second-order valence-corrected chi connectivity index (χ2v) is 8.67. The maximum atomic E-state index is 13.7. The molecule has 5 rings (SSSR count). The molecule has 2 aliphatic rings. The van der Waals surface area contributed by atoms with E-state index in [1.54, 1.807) is 30.3 Å². The number of nitrogens with one attached hydrogen (secondary N) is 2. The Balaban J connectivity index is 1.77. The average molecular weight is 486 g/mol. The summed E-state index contributed by atoms with van der Waals surface area (Å²) < 4.78 is 5.28. The SMILES string of the molecule is COc1ccc(C2N(c3ccccc3)CC(c3cccc([N+](=O)[O-])c3)C23C(=O)NC(=O)NC3=O)cc1. The first-order valence-electron chi connectivity index (χ1n) is 11.2. The molecular weight excluding hydrogens is 464 g/mol. The van der Waals surface area contributed by atoms with Crippen molar-refractivity contribution in [2.45, 2.75) is 12.0 Å². The summed E-state index contributed by atoms with van der Waals surface area (Å²) in [6.07, 6.45) is 0. The van der Waals surface area contributed by atoms with Crippen LogP contribution in [0.5, 0.6) is 5.75 Å². The van der Waals surface area contributed by atoms with Gasteiger partial charge in [-0.3, -0.25) is 30.3 Å². The number of para-hydroxylation sites is 1. The second kappa shape index (κ2) is 8.81. The molecule has 0 radical (unpaired) electrons. The number of methoxy groups -OCH3 is 1. The van der Waals surface area contributed by atoms with Crippen LogP contribution >= 0.6 is 0 Å². The Morgan fingerprint density at radius 1 is 0.917 bits per heavy atom. The lowest BCUT2D eigenvalue weighted by Crippen LogP contribution is -2.65. The van der Waals surface area contributed by atoms with Crippen LogP contribution in [0, 0.1) is 15.5 Å². The van der Waals surface area contributed by atoms with Crippen molar-refractivity contribution in [1.29, 1.82) is 0 Å². The molecule has 0 bridgehead atoms. The number of ether oxygens (including phenoxy) is 1. The van der Waals surface area contributed by atoms with Crippen LogP contribution in [0.15, 0.2) is 78.9 Å². The molecule has 2 atom stereocenters. The van der Waals surface area contributed by atoms with Gasteiger partial charge in [0.05, 0.1) is 18.1 Å². The Bertz CT molecular complexity index is 1340. The van der Waals surface area contributed by atoms with Crippen molar-refractivity contribution < 1.29 is 24.0 Å². The fourth-order valence-corrected chi connectivity index (χ4v) is 5.32. The Morgan fingerprint density at radius 3 is 2.19 bits per heavy atom. The van der Waals surface area contributed by atoms with Gasteiger partial charge in [0.15, 0.2) is 5.41 Å². The first kappa shape index (κ1) is 23.0. The number of nitro groups is 1. The highest BCUT2D eigenvalue weighted by Crippen LogP contribution is 2.57. The number of hydrogen-bond donors (Lipinski definition) is 2. The molecule has 0 aliphatic carbocycles. The third-order valence-electron chi connectivity index (χ3n) is 6.88. The van der Waals surface area contributed by atoms with E-state index in [-0.39, 0.29) is 12.2 Å². The molecule has 4 amide bonds. The summed E-state index contributed by atoms with van der Waals surface area (Å²) in [7, 11) is 1.54. The van der Waals surface area contributed by atoms with Gasteiger partial charge in [-0.05, 0) is 35.4 Å². The lowest BCUT2D eigenvalue weighted by Gasteiger charge is -2.40. The van der Waals surface area contributed by atoms with E-state index in [1.165, 1.54) is 25.3 Å². The summed E-state index contributed by atoms with van der Waals surface area (Å²) >= 11 is 0. The first-order valence-corrected chi connectivity index (χ1v) is 11.2. The van der Waals surface area contributed by atoms with Gasteiger partial charge < -0.3 is 9.64 Å². The number of amides is 4. The summed E-state index contributed by atoms with van der Waals surface area (Å²) in [5.41, 5.74) is -0.112. The highest BCUT2D eigenvalue weighted by atomic mass is 16.6. The van der Waals surface area contributed by atoms with Crippen LogP contribution in [-0.4, -0.2) is 36.4 Å². The maximum absolute atomic E-state index is 13.7. The Morgan fingerprint density at radius 2 is 1.58 bits per heavy atom. The number of benzene rings is 3. The van der Waals surface area contributed by atoms with Gasteiger partial charge in [-0.2, -0.15) is 0 Å². The second-order valence-electron chi connectivity index (χ2n) is 8.67. The van der Waals surface area contributed by atoms with Gasteiger partial charge in [0.2, 0.25) is 11.8 Å². The molecule has 36 heavy (non-hydrogen) atoms. The number of nitrogens with zero attached hydrogens (tertiary/aromatic N) is 2. The molecular formula is C26H22N4O6. The smallest absolute Gasteiger partial charge is 0.328 e. The van der Waals surface area contributed by atoms with E-state index >= 15 is 0 Å². The van der Waals surface area contributed by atoms with Gasteiger partial charge in [0.25, 0.3) is 5.69 Å². The molecule has 0 aromatic heterocycles. The minimum Gasteiger partial charge on any atom is -0.497 e. The third-order valence-corrected chi connectivity index (χ3v) is 6.88. The number of imide groups is 2. The van der Waals surface area contributed by atoms with Crippen LogP contribution in [0.2, 0.25) is 0 Å². The molecule has 10 heteroatoms. The van der Waals surface area contributed by atoms with E-state index in [2.05, 4.69) is 10.6 Å². The highest BCUT2D eigenvalue weighted by molar-refractivity contribution is 6.21. The van der Waals surface area contributed by atoms with E-state index in [9.17, 15) is 24.5 Å². The predicted octanol–water partition coefficient (Wildman–Crippen LogP) is 3.30. The minimum atomic E-state index is -1.80. The van der Waals surface area contributed by atoms with Crippen molar-refractivity contribution in [2.24, 2.45) is 5.41 Å². The van der Waals surface area contributed by atoms with Crippen molar-refractivity contribution in [3.63, 3.8) is 0 Å². The Hall–Kier alpha value is -4.73. The van der Waals surface area contributed by atoms with E-state index in [0.29, 0.717) is 16.9 Å². The first-order chi connectivity index (χ1) is 17.4. The summed E-state index contributed by atoms with van der Waals surface area (Å²) in [6, 6.07) is 20.5. The van der Waals surface area contributed by atoms with E-state index in [1.807, 2.05) is 35.2 Å². The summed E-state index contributed by atoms with van der Waals surface area (Å²) in [6.45, 7) is 0.191. The van der Waals surface area contributed by atoms with Gasteiger partial charge in [0.1, 0.15) is 5.75 Å². The molecule has 3 aromatic rings. The standard InChI is InChI=1S/C26H22N4O6/c1-36-20-12-10-16(11-13-20)22-26(23(31)27-25(33)28-24(26)32)21(15-29(22)18-7-3-2-4-8-18)17-6-5-9-19(14-17)30(34)35/h2-14,21-22H,15H2,1H3,(H2,27,28,31,32,33). The summed E-state index contributed by atoms with van der Waals surface area (Å²) in [5, 5.41) is 16.1. The van der Waals surface area contributed by atoms with Crippen molar-refractivity contribution in [2.75, 3.05) is 18.6 Å². The van der Waals surface area contributed by atoms with Crippen LogP contribution in [0.4, 0.5) is 16.2 Å². The number of non-ortho nitro benzene ring substituents is 1. The predicted molar refractivity (Wildman–Crippen MR) is 129 cm³/mol. The van der Waals surface area contributed by atoms with Gasteiger partial charge in [0, 0.05) is 30.3 Å². The molecule has 2 aliphatic heterocycles. The van der Waals surface area contributed by atoms with E-state index < -0.39 is 40.1 Å². The van der Waals surface area contributed by atoms with Crippen molar-refractivity contribution >= 4 is 29.2 Å². The van der Waals surface area contributed by atoms with Gasteiger partial charge in [-0.1, -0.05) is 42.5 Å². The van der Waals surface area contributed by atoms with Crippen molar-refractivity contribution in [1.82, 2.24) is 10.6 Å². The molecule has 10 nitrogen and oxygen atoms in total. The quantitative estimate of drug-likeness (QED) is 0.321. The number of rotatable bonds is 5. The largest absolute Gasteiger partial charge is 0.497 e. The lowest BCUT2D eigenvalue weighted by molar-refractivity contribution is -0.384. The maximum Gasteiger partial charge on any atom is 0.328 e. The van der Waals surface area contributed by atoms with Crippen molar-refractivity contribution in [3.8, 4) is 5.75 Å². The fraction of sp³-hybridized carbons (Fsp3) is 0.192. The molecule has 2 heterocycles. The summed E-state index contributed by atoms with van der Waals surface area (Å²) in [4.78, 5) is 52.5. The molecule has 0 saturated carbocycles. The normalized spacial score (nSPS) is 20.7. The topological polar surface area (TPSA) is 131 Å². The summed E-state index contributed by atoms with van der Waals surface area (Å²) in [5.74, 6) is -1.73. The molecule has 2 N–H and O–H groups in total. The zero-order valence-electron chi connectivity index (χ0n) is 19.2. The monoisotopic (exact) mass is 486 g/mol. The van der Waals surface area contributed by atoms with Gasteiger partial charge in [-0.15, -0.1) is 0 Å². The minimum absolute atomic E-state index is 0.158. The number of carbonyl (C=O) groups excluding carboxylic acids is 3. The number of urea groups is 1. The molecule has 2 fully saturated rings.